The quantitative estimate of drug-likeness (QED) is 0.318. The fourth-order valence-electron chi connectivity index (χ4n) is 3.57. The number of nitrogens with zero attached hydrogens (tertiary/aromatic N) is 3. The second kappa shape index (κ2) is 8.73. The highest BCUT2D eigenvalue weighted by atomic mass is 32.1. The maximum atomic E-state index is 12.7. The molecule has 1 aromatic carbocycles. The van der Waals surface area contributed by atoms with Crippen molar-refractivity contribution in [2.75, 3.05) is 10.6 Å². The fourth-order valence-corrected chi connectivity index (χ4v) is 4.22. The van der Waals surface area contributed by atoms with Crippen molar-refractivity contribution in [1.82, 2.24) is 9.55 Å². The van der Waals surface area contributed by atoms with Gasteiger partial charge in [-0.3, -0.25) is 9.59 Å². The molecule has 2 N–H and O–H groups in total. The van der Waals surface area contributed by atoms with E-state index in [2.05, 4.69) is 15.6 Å². The van der Waals surface area contributed by atoms with Gasteiger partial charge in [-0.2, -0.15) is 5.26 Å². The van der Waals surface area contributed by atoms with Gasteiger partial charge in [-0.05, 0) is 54.6 Å². The number of hydrogen-bond donors (Lipinski definition) is 2. The van der Waals surface area contributed by atoms with Crippen LogP contribution in [-0.2, 0) is 9.59 Å². The Hall–Kier alpha value is -4.22. The lowest BCUT2D eigenvalue weighted by molar-refractivity contribution is -0.117. The van der Waals surface area contributed by atoms with E-state index >= 15 is 0 Å². The van der Waals surface area contributed by atoms with Crippen molar-refractivity contribution < 1.29 is 9.59 Å². The zero-order valence-electron chi connectivity index (χ0n) is 17.5. The summed E-state index contributed by atoms with van der Waals surface area (Å²) in [5, 5.41) is 17.9. The minimum absolute atomic E-state index is 0.00547. The predicted octanol–water partition coefficient (Wildman–Crippen LogP) is 4.98. The van der Waals surface area contributed by atoms with Gasteiger partial charge in [0.15, 0.2) is 0 Å². The summed E-state index contributed by atoms with van der Waals surface area (Å²) in [6, 6.07) is 16.9. The highest BCUT2D eigenvalue weighted by Gasteiger charge is 2.29. The summed E-state index contributed by atoms with van der Waals surface area (Å²) < 4.78 is 1.96. The SMILES string of the molecule is N#C/C(=C/c1cccs1)C(=O)Nc1cccc2c1ccn2-c1ccnc(NC(=O)C2CC2)c1. The fraction of sp³-hybridized carbons (Fsp3) is 0.120. The molecule has 162 valence electrons. The third-order valence-electron chi connectivity index (χ3n) is 5.40. The molecule has 4 aromatic rings. The van der Waals surface area contributed by atoms with Gasteiger partial charge in [0.2, 0.25) is 5.91 Å². The molecular weight excluding hydrogens is 434 g/mol. The van der Waals surface area contributed by atoms with Crippen molar-refractivity contribution in [3.63, 3.8) is 0 Å². The van der Waals surface area contributed by atoms with Crippen molar-refractivity contribution in [2.45, 2.75) is 12.8 Å². The summed E-state index contributed by atoms with van der Waals surface area (Å²) in [7, 11) is 0. The first-order valence-corrected chi connectivity index (χ1v) is 11.3. The number of fused-ring (bicyclic) bond motifs is 1. The van der Waals surface area contributed by atoms with E-state index in [1.165, 1.54) is 11.3 Å². The lowest BCUT2D eigenvalue weighted by atomic mass is 10.2. The van der Waals surface area contributed by atoms with Crippen LogP contribution in [0.4, 0.5) is 11.5 Å². The second-order valence-electron chi connectivity index (χ2n) is 7.73. The number of carbonyl (C=O) groups is 2. The third kappa shape index (κ3) is 4.40. The van der Waals surface area contributed by atoms with E-state index < -0.39 is 5.91 Å². The van der Waals surface area contributed by atoms with Gasteiger partial charge in [0.25, 0.3) is 5.91 Å². The first-order chi connectivity index (χ1) is 16.1. The molecule has 3 heterocycles. The molecule has 0 unspecified atom stereocenters. The average molecular weight is 454 g/mol. The van der Waals surface area contributed by atoms with Gasteiger partial charge in [-0.15, -0.1) is 11.3 Å². The minimum Gasteiger partial charge on any atom is -0.321 e. The summed E-state index contributed by atoms with van der Waals surface area (Å²) in [4.78, 5) is 29.9. The normalized spacial score (nSPS) is 13.5. The summed E-state index contributed by atoms with van der Waals surface area (Å²) in [6.45, 7) is 0. The van der Waals surface area contributed by atoms with Gasteiger partial charge in [-0.25, -0.2) is 4.98 Å². The number of anilines is 2. The van der Waals surface area contributed by atoms with Crippen LogP contribution in [0.1, 0.15) is 17.7 Å². The highest BCUT2D eigenvalue weighted by Crippen LogP contribution is 2.31. The van der Waals surface area contributed by atoms with Crippen LogP contribution in [0.15, 0.2) is 71.9 Å². The van der Waals surface area contributed by atoms with Gasteiger partial charge in [0.1, 0.15) is 17.5 Å². The van der Waals surface area contributed by atoms with E-state index in [-0.39, 0.29) is 17.4 Å². The van der Waals surface area contributed by atoms with E-state index in [9.17, 15) is 14.9 Å². The van der Waals surface area contributed by atoms with Crippen molar-refractivity contribution in [3.8, 4) is 11.8 Å². The molecule has 33 heavy (non-hydrogen) atoms. The first kappa shape index (κ1) is 20.7. The number of amides is 2. The van der Waals surface area contributed by atoms with Gasteiger partial charge in [-0.1, -0.05) is 12.1 Å². The highest BCUT2D eigenvalue weighted by molar-refractivity contribution is 7.10. The zero-order chi connectivity index (χ0) is 22.8. The van der Waals surface area contributed by atoms with E-state index in [0.717, 1.165) is 34.3 Å². The van der Waals surface area contributed by atoms with Crippen LogP contribution in [0.3, 0.4) is 0 Å². The minimum atomic E-state index is -0.458. The van der Waals surface area contributed by atoms with Crippen LogP contribution in [0.25, 0.3) is 22.7 Å². The average Bonchev–Trinajstić information content (AvgIpc) is 3.38. The lowest BCUT2D eigenvalue weighted by Crippen LogP contribution is -2.14. The molecule has 1 fully saturated rings. The van der Waals surface area contributed by atoms with E-state index in [1.54, 1.807) is 18.3 Å². The second-order valence-corrected chi connectivity index (χ2v) is 8.71. The Morgan fingerprint density at radius 2 is 2.03 bits per heavy atom. The molecule has 0 radical (unpaired) electrons. The van der Waals surface area contributed by atoms with Crippen LogP contribution in [0.5, 0.6) is 0 Å². The van der Waals surface area contributed by atoms with Gasteiger partial charge < -0.3 is 15.2 Å². The Balaban J connectivity index is 1.42. The number of nitrogens with one attached hydrogen (secondary N) is 2. The maximum absolute atomic E-state index is 12.7. The van der Waals surface area contributed by atoms with E-state index in [0.29, 0.717) is 11.5 Å². The monoisotopic (exact) mass is 453 g/mol. The van der Waals surface area contributed by atoms with Crippen LogP contribution >= 0.6 is 11.3 Å². The van der Waals surface area contributed by atoms with Crippen LogP contribution in [-0.4, -0.2) is 21.4 Å². The molecule has 0 aliphatic heterocycles. The van der Waals surface area contributed by atoms with E-state index in [4.69, 9.17) is 0 Å². The molecule has 0 atom stereocenters. The molecule has 0 saturated heterocycles. The van der Waals surface area contributed by atoms with Crippen molar-refractivity contribution in [3.05, 3.63) is 76.8 Å². The van der Waals surface area contributed by atoms with Gasteiger partial charge in [0.05, 0.1) is 16.9 Å². The molecule has 7 nitrogen and oxygen atoms in total. The van der Waals surface area contributed by atoms with Crippen molar-refractivity contribution in [1.29, 1.82) is 5.26 Å². The summed E-state index contributed by atoms with van der Waals surface area (Å²) in [5.74, 6) is 0.153. The van der Waals surface area contributed by atoms with Gasteiger partial charge >= 0.3 is 0 Å². The van der Waals surface area contributed by atoms with Crippen molar-refractivity contribution in [2.24, 2.45) is 5.92 Å². The van der Waals surface area contributed by atoms with Crippen LogP contribution < -0.4 is 10.6 Å². The smallest absolute Gasteiger partial charge is 0.266 e. The molecule has 0 spiro atoms. The molecular formula is C25H19N5O2S. The molecule has 1 saturated carbocycles. The Labute approximate surface area is 194 Å². The Morgan fingerprint density at radius 3 is 2.79 bits per heavy atom. The largest absolute Gasteiger partial charge is 0.321 e. The molecule has 0 bridgehead atoms. The number of pyridine rings is 1. The van der Waals surface area contributed by atoms with Gasteiger partial charge in [0, 0.05) is 34.6 Å². The molecule has 2 amide bonds. The summed E-state index contributed by atoms with van der Waals surface area (Å²) in [5.41, 5.74) is 2.36. The lowest BCUT2D eigenvalue weighted by Gasteiger charge is -2.10. The molecule has 1 aliphatic rings. The number of thiophene rings is 1. The zero-order valence-corrected chi connectivity index (χ0v) is 18.3. The third-order valence-corrected chi connectivity index (χ3v) is 6.22. The Kier molecular flexibility index (Phi) is 5.47. The van der Waals surface area contributed by atoms with E-state index in [1.807, 2.05) is 64.7 Å². The molecule has 3 aromatic heterocycles. The summed E-state index contributed by atoms with van der Waals surface area (Å²) >= 11 is 1.46. The Morgan fingerprint density at radius 1 is 1.15 bits per heavy atom. The number of nitriles is 1. The number of rotatable bonds is 6. The van der Waals surface area contributed by atoms with Crippen LogP contribution in [0, 0.1) is 17.2 Å². The standard InChI is InChI=1S/C25H19N5O2S/c26-15-17(13-19-3-2-12-33-19)25(32)28-21-4-1-5-22-20(21)9-11-30(22)18-8-10-27-23(14-18)29-24(31)16-6-7-16/h1-5,8-14,16H,6-7H2,(H,28,32)(H,27,29,31)/b17-13-. The number of aromatic nitrogens is 2. The Bertz CT molecular complexity index is 1420. The number of hydrogen-bond acceptors (Lipinski definition) is 5. The first-order valence-electron chi connectivity index (χ1n) is 10.5. The maximum Gasteiger partial charge on any atom is 0.266 e. The predicted molar refractivity (Wildman–Crippen MR) is 129 cm³/mol. The van der Waals surface area contributed by atoms with Crippen molar-refractivity contribution >= 4 is 51.6 Å². The number of benzene rings is 1. The molecule has 1 aliphatic carbocycles. The van der Waals surface area contributed by atoms with Crippen LogP contribution in [0.2, 0.25) is 0 Å². The molecule has 8 heteroatoms. The topological polar surface area (TPSA) is 99.8 Å². The molecule has 5 rings (SSSR count). The number of carbonyl (C=O) groups excluding carboxylic acids is 2. The summed E-state index contributed by atoms with van der Waals surface area (Å²) in [6.07, 6.45) is 7.00.